The fourth-order valence-electron chi connectivity index (χ4n) is 2.65. The summed E-state index contributed by atoms with van der Waals surface area (Å²) in [5.41, 5.74) is 0. The number of nitrogens with one attached hydrogen (secondary N) is 1. The van der Waals surface area contributed by atoms with Crippen LogP contribution in [-0.2, 0) is 0 Å². The largest absolute Gasteiger partial charge is 0.396 e. The Bertz CT molecular complexity index is 187. The third-order valence-electron chi connectivity index (χ3n) is 3.81. The number of hydrogen-bond donors (Lipinski definition) is 2. The molecule has 3 atom stereocenters. The van der Waals surface area contributed by atoms with E-state index in [1.807, 2.05) is 0 Å². The smallest absolute Gasteiger partial charge is 0.0445 e. The monoisotopic (exact) mass is 228 g/mol. The molecular formula is C13H28N2O. The van der Waals surface area contributed by atoms with E-state index < -0.39 is 0 Å². The highest BCUT2D eigenvalue weighted by atomic mass is 16.3. The number of piperidine rings is 1. The molecule has 0 bridgehead atoms. The van der Waals surface area contributed by atoms with Crippen molar-refractivity contribution in [2.45, 2.75) is 52.1 Å². The Balaban J connectivity index is 2.32. The second-order valence-electron chi connectivity index (χ2n) is 5.16. The number of nitrogens with zero attached hydrogens (tertiary/aromatic N) is 1. The van der Waals surface area contributed by atoms with Gasteiger partial charge < -0.3 is 15.3 Å². The van der Waals surface area contributed by atoms with Crippen LogP contribution in [0.15, 0.2) is 0 Å². The van der Waals surface area contributed by atoms with Crippen LogP contribution in [0.3, 0.4) is 0 Å². The molecule has 1 aliphatic rings. The summed E-state index contributed by atoms with van der Waals surface area (Å²) in [4.78, 5) is 2.54. The van der Waals surface area contributed by atoms with Crippen LogP contribution >= 0.6 is 0 Å². The minimum Gasteiger partial charge on any atom is -0.396 e. The Kier molecular flexibility index (Phi) is 6.32. The van der Waals surface area contributed by atoms with Crippen LogP contribution < -0.4 is 5.32 Å². The fourth-order valence-corrected chi connectivity index (χ4v) is 2.65. The summed E-state index contributed by atoms with van der Waals surface area (Å²) in [5.74, 6) is 0.773. The summed E-state index contributed by atoms with van der Waals surface area (Å²) >= 11 is 0. The Morgan fingerprint density at radius 2 is 2.19 bits per heavy atom. The van der Waals surface area contributed by atoms with Crippen molar-refractivity contribution in [3.63, 3.8) is 0 Å². The van der Waals surface area contributed by atoms with Gasteiger partial charge in [0.1, 0.15) is 0 Å². The van der Waals surface area contributed by atoms with E-state index in [0.29, 0.717) is 12.1 Å². The molecule has 0 aromatic rings. The maximum absolute atomic E-state index is 8.89. The van der Waals surface area contributed by atoms with E-state index in [9.17, 15) is 0 Å². The number of aliphatic hydroxyl groups excluding tert-OH is 1. The summed E-state index contributed by atoms with van der Waals surface area (Å²) in [6.07, 6.45) is 3.53. The van der Waals surface area contributed by atoms with Crippen molar-refractivity contribution in [3.8, 4) is 0 Å². The zero-order valence-corrected chi connectivity index (χ0v) is 11.1. The Morgan fingerprint density at radius 3 is 2.81 bits per heavy atom. The third-order valence-corrected chi connectivity index (χ3v) is 3.81. The van der Waals surface area contributed by atoms with E-state index >= 15 is 0 Å². The van der Waals surface area contributed by atoms with Crippen LogP contribution in [0, 0.1) is 5.92 Å². The highest BCUT2D eigenvalue weighted by Gasteiger charge is 2.24. The van der Waals surface area contributed by atoms with E-state index in [1.165, 1.54) is 32.5 Å². The van der Waals surface area contributed by atoms with E-state index in [-0.39, 0.29) is 6.61 Å². The van der Waals surface area contributed by atoms with E-state index in [1.54, 1.807) is 0 Å². The number of hydrogen-bond acceptors (Lipinski definition) is 3. The molecule has 3 nitrogen and oxygen atoms in total. The summed E-state index contributed by atoms with van der Waals surface area (Å²) in [6, 6.07) is 0.993. The quantitative estimate of drug-likeness (QED) is 0.722. The average molecular weight is 228 g/mol. The topological polar surface area (TPSA) is 35.5 Å². The number of likely N-dealkylation sites (tertiary alicyclic amines) is 1. The fraction of sp³-hybridized carbons (Fsp3) is 1.00. The van der Waals surface area contributed by atoms with Crippen LogP contribution in [0.2, 0.25) is 0 Å². The van der Waals surface area contributed by atoms with Crippen molar-refractivity contribution < 1.29 is 5.11 Å². The predicted octanol–water partition coefficient (Wildman–Crippen LogP) is 1.47. The van der Waals surface area contributed by atoms with Gasteiger partial charge in [0.05, 0.1) is 0 Å². The van der Waals surface area contributed by atoms with Gasteiger partial charge in [-0.25, -0.2) is 0 Å². The molecule has 16 heavy (non-hydrogen) atoms. The number of rotatable bonds is 6. The zero-order chi connectivity index (χ0) is 12.0. The molecule has 3 unspecified atom stereocenters. The van der Waals surface area contributed by atoms with Gasteiger partial charge >= 0.3 is 0 Å². The lowest BCUT2D eigenvalue weighted by atomic mass is 9.91. The molecule has 0 aromatic carbocycles. The van der Waals surface area contributed by atoms with E-state index in [0.717, 1.165) is 12.3 Å². The first-order chi connectivity index (χ1) is 7.67. The molecule has 0 amide bonds. The highest BCUT2D eigenvalue weighted by Crippen LogP contribution is 2.19. The van der Waals surface area contributed by atoms with Gasteiger partial charge in [-0.15, -0.1) is 0 Å². The van der Waals surface area contributed by atoms with Crippen LogP contribution in [-0.4, -0.2) is 48.3 Å². The molecule has 3 heteroatoms. The maximum Gasteiger partial charge on any atom is 0.0445 e. The highest BCUT2D eigenvalue weighted by molar-refractivity contribution is 4.81. The zero-order valence-electron chi connectivity index (χ0n) is 11.1. The summed E-state index contributed by atoms with van der Waals surface area (Å²) in [6.45, 7) is 10.7. The Hall–Kier alpha value is -0.120. The lowest BCUT2D eigenvalue weighted by molar-refractivity contribution is 0.150. The molecule has 0 aliphatic carbocycles. The molecule has 1 heterocycles. The second-order valence-corrected chi connectivity index (χ2v) is 5.16. The Morgan fingerprint density at radius 1 is 1.44 bits per heavy atom. The third kappa shape index (κ3) is 4.40. The maximum atomic E-state index is 8.89. The average Bonchev–Trinajstić information content (AvgIpc) is 2.29. The molecular weight excluding hydrogens is 200 g/mol. The van der Waals surface area contributed by atoms with Gasteiger partial charge in [-0.2, -0.15) is 0 Å². The SMILES string of the molecule is CCN1CCCC(C(C)NC(C)CCO)C1. The van der Waals surface area contributed by atoms with Crippen molar-refractivity contribution >= 4 is 0 Å². The van der Waals surface area contributed by atoms with Crippen LogP contribution in [0.25, 0.3) is 0 Å². The minimum absolute atomic E-state index is 0.284. The minimum atomic E-state index is 0.284. The van der Waals surface area contributed by atoms with Gasteiger partial charge in [0.15, 0.2) is 0 Å². The van der Waals surface area contributed by atoms with E-state index in [2.05, 4.69) is 31.0 Å². The Labute approximate surface area is 100 Å². The second kappa shape index (κ2) is 7.25. The van der Waals surface area contributed by atoms with Crippen molar-refractivity contribution in [2.24, 2.45) is 5.92 Å². The van der Waals surface area contributed by atoms with Crippen LogP contribution in [0.1, 0.15) is 40.0 Å². The van der Waals surface area contributed by atoms with Gasteiger partial charge in [-0.1, -0.05) is 6.92 Å². The molecule has 1 rings (SSSR count). The molecule has 1 saturated heterocycles. The summed E-state index contributed by atoms with van der Waals surface area (Å²) in [7, 11) is 0. The van der Waals surface area contributed by atoms with Crippen molar-refractivity contribution in [1.82, 2.24) is 10.2 Å². The number of aliphatic hydroxyl groups is 1. The molecule has 1 aliphatic heterocycles. The lowest BCUT2D eigenvalue weighted by Gasteiger charge is -2.36. The van der Waals surface area contributed by atoms with Gasteiger partial charge in [0.25, 0.3) is 0 Å². The molecule has 1 fully saturated rings. The van der Waals surface area contributed by atoms with Crippen LogP contribution in [0.4, 0.5) is 0 Å². The summed E-state index contributed by atoms with van der Waals surface area (Å²) in [5, 5.41) is 12.5. The normalized spacial score (nSPS) is 26.6. The van der Waals surface area contributed by atoms with Gasteiger partial charge in [-0.3, -0.25) is 0 Å². The lowest BCUT2D eigenvalue weighted by Crippen LogP contribution is -2.46. The van der Waals surface area contributed by atoms with Crippen molar-refractivity contribution in [2.75, 3.05) is 26.2 Å². The van der Waals surface area contributed by atoms with Crippen molar-refractivity contribution in [3.05, 3.63) is 0 Å². The van der Waals surface area contributed by atoms with Gasteiger partial charge in [-0.05, 0) is 52.1 Å². The molecule has 0 saturated carbocycles. The first-order valence-electron chi connectivity index (χ1n) is 6.76. The first kappa shape index (κ1) is 13.9. The molecule has 2 N–H and O–H groups in total. The van der Waals surface area contributed by atoms with Gasteiger partial charge in [0.2, 0.25) is 0 Å². The first-order valence-corrected chi connectivity index (χ1v) is 6.76. The molecule has 0 spiro atoms. The molecule has 0 aromatic heterocycles. The summed E-state index contributed by atoms with van der Waals surface area (Å²) < 4.78 is 0. The van der Waals surface area contributed by atoms with Crippen molar-refractivity contribution in [1.29, 1.82) is 0 Å². The van der Waals surface area contributed by atoms with E-state index in [4.69, 9.17) is 5.11 Å². The van der Waals surface area contributed by atoms with Crippen LogP contribution in [0.5, 0.6) is 0 Å². The molecule has 96 valence electrons. The van der Waals surface area contributed by atoms with Gasteiger partial charge in [0, 0.05) is 25.2 Å². The molecule has 0 radical (unpaired) electrons. The standard InChI is InChI=1S/C13H28N2O/c1-4-15-8-5-6-13(10-15)12(3)14-11(2)7-9-16/h11-14,16H,4-10H2,1-3H3. The predicted molar refractivity (Wildman–Crippen MR) is 68.6 cm³/mol.